The lowest BCUT2D eigenvalue weighted by Gasteiger charge is -1.69. The van der Waals surface area contributed by atoms with Crippen LogP contribution in [0.3, 0.4) is 0 Å². The summed E-state index contributed by atoms with van der Waals surface area (Å²) in [5.41, 5.74) is 0. The summed E-state index contributed by atoms with van der Waals surface area (Å²) in [7, 11) is 0. The smallest absolute Gasteiger partial charge is 0.242 e. The molecule has 4 heteroatoms. The second kappa shape index (κ2) is 2.24. The number of rotatable bonds is 1. The predicted molar refractivity (Wildman–Crippen MR) is 29.0 cm³/mol. The molecule has 0 radical (unpaired) electrons. The topological polar surface area (TPSA) is 55.5 Å². The van der Waals surface area contributed by atoms with Gasteiger partial charge in [-0.25, -0.2) is 4.79 Å². The molecule has 4 nitrogen and oxygen atoms in total. The molecule has 0 saturated heterocycles. The highest BCUT2D eigenvalue weighted by atomic mass is 16.3. The third-order valence-electron chi connectivity index (χ3n) is 0.767. The first-order chi connectivity index (χ1) is 4.33. The van der Waals surface area contributed by atoms with Gasteiger partial charge in [0.25, 0.3) is 0 Å². The zero-order chi connectivity index (χ0) is 6.69. The number of oxazole rings is 1. The number of hydrogen-bond acceptors (Lipinski definition) is 4. The summed E-state index contributed by atoms with van der Waals surface area (Å²) in [4.78, 5) is 16.5. The maximum atomic E-state index is 9.61. The molecule has 9 heavy (non-hydrogen) atoms. The van der Waals surface area contributed by atoms with E-state index < -0.39 is 0 Å². The molecule has 0 saturated carbocycles. The fourth-order valence-electron chi connectivity index (χ4n) is 0.450. The van der Waals surface area contributed by atoms with Gasteiger partial charge >= 0.3 is 0 Å². The monoisotopic (exact) mass is 124 g/mol. The lowest BCUT2D eigenvalue weighted by Crippen LogP contribution is -1.64. The van der Waals surface area contributed by atoms with E-state index in [0.717, 1.165) is 0 Å². The van der Waals surface area contributed by atoms with Crippen LogP contribution in [0.5, 0.6) is 0 Å². The molecule has 1 heterocycles. The SMILES string of the molecule is Cc1nc(N=C=O)co1. The van der Waals surface area contributed by atoms with E-state index in [0.29, 0.717) is 5.89 Å². The van der Waals surface area contributed by atoms with Crippen molar-refractivity contribution in [1.29, 1.82) is 0 Å². The number of aliphatic imine (C=N–C) groups is 1. The van der Waals surface area contributed by atoms with E-state index in [1.807, 2.05) is 0 Å². The van der Waals surface area contributed by atoms with Crippen LogP contribution in [0.15, 0.2) is 15.7 Å². The van der Waals surface area contributed by atoms with E-state index in [-0.39, 0.29) is 5.82 Å². The number of aryl methyl sites for hydroxylation is 1. The van der Waals surface area contributed by atoms with Gasteiger partial charge < -0.3 is 4.42 Å². The Morgan fingerprint density at radius 2 is 2.67 bits per heavy atom. The van der Waals surface area contributed by atoms with Crippen LogP contribution in [0.4, 0.5) is 5.82 Å². The molecule has 1 rings (SSSR count). The van der Waals surface area contributed by atoms with Crippen LogP contribution in [0.2, 0.25) is 0 Å². The van der Waals surface area contributed by atoms with Crippen molar-refractivity contribution in [3.05, 3.63) is 12.2 Å². The number of aromatic nitrogens is 1. The van der Waals surface area contributed by atoms with Crippen molar-refractivity contribution in [3.8, 4) is 0 Å². The minimum Gasteiger partial charge on any atom is -0.447 e. The molecule has 0 atom stereocenters. The normalized spacial score (nSPS) is 8.56. The van der Waals surface area contributed by atoms with Crippen LogP contribution in [-0.4, -0.2) is 11.1 Å². The molecule has 0 aliphatic heterocycles. The number of nitrogens with zero attached hydrogens (tertiary/aromatic N) is 2. The molecule has 1 aromatic rings. The number of carbonyl (C=O) groups excluding carboxylic acids is 1. The Kier molecular flexibility index (Phi) is 1.42. The predicted octanol–water partition coefficient (Wildman–Crippen LogP) is 0.950. The van der Waals surface area contributed by atoms with Crippen LogP contribution < -0.4 is 0 Å². The molecular weight excluding hydrogens is 120 g/mol. The molecule has 0 amide bonds. The molecule has 0 N–H and O–H groups in total. The fourth-order valence-corrected chi connectivity index (χ4v) is 0.450. The van der Waals surface area contributed by atoms with Crippen molar-refractivity contribution >= 4 is 11.9 Å². The Morgan fingerprint density at radius 1 is 1.89 bits per heavy atom. The summed E-state index contributed by atoms with van der Waals surface area (Å²) in [6.07, 6.45) is 2.64. The summed E-state index contributed by atoms with van der Waals surface area (Å²) in [5, 5.41) is 0. The maximum absolute atomic E-state index is 9.61. The Hall–Kier alpha value is -1.41. The second-order valence-corrected chi connectivity index (χ2v) is 1.43. The van der Waals surface area contributed by atoms with Crippen molar-refractivity contribution in [2.75, 3.05) is 0 Å². The number of hydrogen-bond donors (Lipinski definition) is 0. The Bertz CT molecular complexity index is 247. The minimum absolute atomic E-state index is 0.266. The fraction of sp³-hybridized carbons (Fsp3) is 0.200. The third-order valence-corrected chi connectivity index (χ3v) is 0.767. The van der Waals surface area contributed by atoms with Gasteiger partial charge in [-0.1, -0.05) is 0 Å². The first-order valence-electron chi connectivity index (χ1n) is 2.33. The van der Waals surface area contributed by atoms with Crippen LogP contribution in [0.1, 0.15) is 5.89 Å². The molecular formula is C5H4N2O2. The van der Waals surface area contributed by atoms with E-state index in [1.54, 1.807) is 6.92 Å². The second-order valence-electron chi connectivity index (χ2n) is 1.43. The van der Waals surface area contributed by atoms with Crippen molar-refractivity contribution in [2.24, 2.45) is 4.99 Å². The van der Waals surface area contributed by atoms with Gasteiger partial charge in [-0.15, -0.1) is 4.99 Å². The van der Waals surface area contributed by atoms with Gasteiger partial charge in [0.2, 0.25) is 11.9 Å². The zero-order valence-corrected chi connectivity index (χ0v) is 4.79. The van der Waals surface area contributed by atoms with Crippen molar-refractivity contribution in [2.45, 2.75) is 6.92 Å². The van der Waals surface area contributed by atoms with Gasteiger partial charge in [0.15, 0.2) is 5.89 Å². The summed E-state index contributed by atoms with van der Waals surface area (Å²) in [6.45, 7) is 1.67. The molecule has 0 aliphatic rings. The van der Waals surface area contributed by atoms with E-state index >= 15 is 0 Å². The van der Waals surface area contributed by atoms with Gasteiger partial charge in [0, 0.05) is 6.92 Å². The summed E-state index contributed by atoms with van der Waals surface area (Å²) >= 11 is 0. The largest absolute Gasteiger partial charge is 0.447 e. The zero-order valence-electron chi connectivity index (χ0n) is 4.79. The Morgan fingerprint density at radius 3 is 3.11 bits per heavy atom. The lowest BCUT2D eigenvalue weighted by molar-refractivity contribution is 0.521. The number of isocyanates is 1. The van der Waals surface area contributed by atoms with Gasteiger partial charge in [0.05, 0.1) is 0 Å². The quantitative estimate of drug-likeness (QED) is 0.413. The Balaban J connectivity index is 2.97. The van der Waals surface area contributed by atoms with Gasteiger partial charge in [-0.3, -0.25) is 0 Å². The lowest BCUT2D eigenvalue weighted by atomic mass is 10.8. The molecule has 0 bridgehead atoms. The van der Waals surface area contributed by atoms with Crippen LogP contribution in [-0.2, 0) is 4.79 Å². The average Bonchev–Trinajstić information content (AvgIpc) is 2.17. The first kappa shape index (κ1) is 5.72. The van der Waals surface area contributed by atoms with Gasteiger partial charge in [0.1, 0.15) is 6.26 Å². The van der Waals surface area contributed by atoms with Crippen molar-refractivity contribution in [1.82, 2.24) is 4.98 Å². The molecule has 1 aromatic heterocycles. The molecule has 0 spiro atoms. The highest BCUT2D eigenvalue weighted by molar-refractivity contribution is 5.42. The van der Waals surface area contributed by atoms with E-state index in [2.05, 4.69) is 9.98 Å². The highest BCUT2D eigenvalue weighted by Crippen LogP contribution is 2.07. The van der Waals surface area contributed by atoms with Crippen LogP contribution >= 0.6 is 0 Å². The van der Waals surface area contributed by atoms with Crippen LogP contribution in [0.25, 0.3) is 0 Å². The minimum atomic E-state index is 0.266. The van der Waals surface area contributed by atoms with E-state index in [1.165, 1.54) is 12.3 Å². The molecule has 0 fully saturated rings. The molecule has 46 valence electrons. The van der Waals surface area contributed by atoms with Crippen molar-refractivity contribution in [3.63, 3.8) is 0 Å². The van der Waals surface area contributed by atoms with Crippen LogP contribution in [0, 0.1) is 6.92 Å². The highest BCUT2D eigenvalue weighted by Gasteiger charge is 1.93. The maximum Gasteiger partial charge on any atom is 0.242 e. The summed E-state index contributed by atoms with van der Waals surface area (Å²) < 4.78 is 4.73. The molecule has 0 aliphatic carbocycles. The van der Waals surface area contributed by atoms with E-state index in [9.17, 15) is 4.79 Å². The first-order valence-corrected chi connectivity index (χ1v) is 2.33. The Labute approximate surface area is 51.2 Å². The standard InChI is InChI=1S/C5H4N2O2/c1-4-7-5(2-9-4)6-3-8/h2H,1H3. The average molecular weight is 124 g/mol. The van der Waals surface area contributed by atoms with Gasteiger partial charge in [-0.05, 0) is 0 Å². The van der Waals surface area contributed by atoms with Gasteiger partial charge in [-0.2, -0.15) is 4.98 Å². The third kappa shape index (κ3) is 1.24. The molecule has 0 aromatic carbocycles. The van der Waals surface area contributed by atoms with Crippen molar-refractivity contribution < 1.29 is 9.21 Å². The summed E-state index contributed by atoms with van der Waals surface area (Å²) in [5.74, 6) is 0.756. The summed E-state index contributed by atoms with van der Waals surface area (Å²) in [6, 6.07) is 0. The molecule has 0 unspecified atom stereocenters. The van der Waals surface area contributed by atoms with E-state index in [4.69, 9.17) is 4.42 Å².